The Labute approximate surface area is 223 Å². The lowest BCUT2D eigenvalue weighted by molar-refractivity contribution is -0.650. The van der Waals surface area contributed by atoms with Crippen LogP contribution in [0.5, 0.6) is 0 Å². The molecule has 0 bridgehead atoms. The number of oxazole rings is 1. The van der Waals surface area contributed by atoms with E-state index in [0.717, 1.165) is 46.2 Å². The summed E-state index contributed by atoms with van der Waals surface area (Å²) in [5, 5.41) is 5.91. The molecule has 196 valence electrons. The third kappa shape index (κ3) is 4.58. The van der Waals surface area contributed by atoms with Crippen molar-refractivity contribution in [2.75, 3.05) is 0 Å². The van der Waals surface area contributed by atoms with Gasteiger partial charge in [0.05, 0.1) is 6.04 Å². The maximum Gasteiger partial charge on any atom is 0.335 e. The number of benzene rings is 2. The number of nitrogens with zero attached hydrogens (tertiary/aromatic N) is 4. The lowest BCUT2D eigenvalue weighted by atomic mass is 9.97. The van der Waals surface area contributed by atoms with Crippen LogP contribution in [0.15, 0.2) is 71.0 Å². The van der Waals surface area contributed by atoms with Crippen LogP contribution in [0.2, 0.25) is 0 Å². The molecule has 0 spiro atoms. The van der Waals surface area contributed by atoms with Crippen LogP contribution < -0.4 is 20.7 Å². The molecule has 4 aromatic rings. The second-order valence-corrected chi connectivity index (χ2v) is 9.54. The van der Waals surface area contributed by atoms with Crippen molar-refractivity contribution in [2.24, 2.45) is 12.0 Å². The Balaban J connectivity index is 1.13. The molecule has 0 saturated carbocycles. The van der Waals surface area contributed by atoms with Gasteiger partial charge in [0.1, 0.15) is 24.8 Å². The average molecular weight is 525 g/mol. The number of aryl methyl sites for hydroxylation is 1. The Morgan fingerprint density at radius 1 is 1.15 bits per heavy atom. The quantitative estimate of drug-likeness (QED) is 0.330. The summed E-state index contributed by atoms with van der Waals surface area (Å²) >= 11 is 0. The van der Waals surface area contributed by atoms with E-state index in [0.29, 0.717) is 18.3 Å². The molecule has 1 aliphatic carbocycles. The van der Waals surface area contributed by atoms with Crippen molar-refractivity contribution in [3.63, 3.8) is 0 Å². The number of amides is 2. The number of carbonyl (C=O) groups excluding carboxylic acids is 2. The van der Waals surface area contributed by atoms with Gasteiger partial charge in [-0.15, -0.1) is 0 Å². The van der Waals surface area contributed by atoms with Gasteiger partial charge in [0.2, 0.25) is 11.5 Å². The largest absolute Gasteiger partial charge is 0.404 e. The van der Waals surface area contributed by atoms with Crippen molar-refractivity contribution in [3.05, 3.63) is 101 Å². The number of hydroxylamine groups is 1. The van der Waals surface area contributed by atoms with Crippen molar-refractivity contribution in [3.8, 4) is 0 Å². The second-order valence-electron chi connectivity index (χ2n) is 9.54. The topological polar surface area (TPSA) is 135 Å². The van der Waals surface area contributed by atoms with E-state index in [4.69, 9.17) is 9.25 Å². The lowest BCUT2D eigenvalue weighted by Gasteiger charge is -2.16. The Kier molecular flexibility index (Phi) is 6.02. The normalized spacial score (nSPS) is 15.9. The molecule has 3 heterocycles. The van der Waals surface area contributed by atoms with Crippen LogP contribution in [-0.4, -0.2) is 27.6 Å². The molecule has 0 unspecified atom stereocenters. The molecule has 0 fully saturated rings. The average Bonchev–Trinajstić information content (AvgIpc) is 3.66. The smallest absolute Gasteiger partial charge is 0.335 e. The highest BCUT2D eigenvalue weighted by Gasteiger charge is 2.28. The van der Waals surface area contributed by atoms with Crippen LogP contribution in [-0.2, 0) is 24.9 Å². The summed E-state index contributed by atoms with van der Waals surface area (Å²) < 4.78 is 7.31. The third-order valence-corrected chi connectivity index (χ3v) is 7.08. The molecule has 3 N–H and O–H groups in total. The van der Waals surface area contributed by atoms with E-state index in [1.807, 2.05) is 48.9 Å². The van der Waals surface area contributed by atoms with Crippen LogP contribution in [0.25, 0.3) is 11.1 Å². The zero-order valence-electron chi connectivity index (χ0n) is 21.4. The Bertz CT molecular complexity index is 1690. The fourth-order valence-electron chi connectivity index (χ4n) is 5.03. The van der Waals surface area contributed by atoms with Crippen LogP contribution in [0.4, 0.5) is 0 Å². The van der Waals surface area contributed by atoms with Gasteiger partial charge < -0.3 is 19.9 Å². The summed E-state index contributed by atoms with van der Waals surface area (Å²) in [6.45, 7) is 6.03. The van der Waals surface area contributed by atoms with Gasteiger partial charge in [0, 0.05) is 24.2 Å². The van der Waals surface area contributed by atoms with E-state index in [2.05, 4.69) is 37.7 Å². The van der Waals surface area contributed by atoms with Crippen LogP contribution in [0.1, 0.15) is 61.3 Å². The van der Waals surface area contributed by atoms with Gasteiger partial charge >= 0.3 is 6.39 Å². The molecule has 0 radical (unpaired) electrons. The Hall–Kier alpha value is -5.06. The van der Waals surface area contributed by atoms with Crippen LogP contribution in [0.3, 0.4) is 0 Å². The summed E-state index contributed by atoms with van der Waals surface area (Å²) in [6, 6.07) is 10.9. The first kappa shape index (κ1) is 24.3. The van der Waals surface area contributed by atoms with E-state index in [-0.39, 0.29) is 23.3 Å². The monoisotopic (exact) mass is 524 g/mol. The standard InChI is InChI=1S/C28H25N7O4/c1-15-18-7-8-21(20(18)6-5-19(15)26-32-16(2)39-34-26)33-28(37)23-11-22(30-13-31-23)27(36)29-12-17-4-9-25-24(10-17)35(3)14-38-25/h4-6,9-11,13-14,21H,2,7-8,12H2,1,3H3,(H2-,29,32,33,34,36,37)/p+1/t21-/m0/s1. The predicted octanol–water partition coefficient (Wildman–Crippen LogP) is 2.46. The maximum atomic E-state index is 13.1. The first-order chi connectivity index (χ1) is 18.9. The Morgan fingerprint density at radius 2 is 1.97 bits per heavy atom. The molecular weight excluding hydrogens is 498 g/mol. The van der Waals surface area contributed by atoms with Crippen LogP contribution >= 0.6 is 0 Å². The van der Waals surface area contributed by atoms with Crippen molar-refractivity contribution >= 4 is 28.7 Å². The highest BCUT2D eigenvalue weighted by molar-refractivity contribution is 6.01. The molecule has 2 aromatic heterocycles. The lowest BCUT2D eigenvalue weighted by Crippen LogP contribution is -2.29. The Morgan fingerprint density at radius 3 is 2.77 bits per heavy atom. The molecule has 1 aliphatic heterocycles. The van der Waals surface area contributed by atoms with Gasteiger partial charge in [-0.2, -0.15) is 9.56 Å². The van der Waals surface area contributed by atoms with E-state index >= 15 is 0 Å². The minimum Gasteiger partial charge on any atom is -0.404 e. The first-order valence-electron chi connectivity index (χ1n) is 12.5. The van der Waals surface area contributed by atoms with Crippen molar-refractivity contribution < 1.29 is 23.4 Å². The molecule has 2 amide bonds. The molecule has 0 saturated heterocycles. The second kappa shape index (κ2) is 9.67. The van der Waals surface area contributed by atoms with Gasteiger partial charge in [-0.05, 0) is 54.7 Å². The minimum atomic E-state index is -0.396. The molecule has 11 heteroatoms. The molecular formula is C28H26N7O4+. The van der Waals surface area contributed by atoms with Crippen LogP contribution in [0, 0.1) is 6.92 Å². The molecule has 2 aliphatic rings. The third-order valence-electron chi connectivity index (χ3n) is 7.08. The van der Waals surface area contributed by atoms with Gasteiger partial charge in [-0.3, -0.25) is 9.59 Å². The number of fused-ring (bicyclic) bond motifs is 2. The summed E-state index contributed by atoms with van der Waals surface area (Å²) in [4.78, 5) is 43.5. The van der Waals surface area contributed by atoms with E-state index in [1.165, 1.54) is 18.0 Å². The van der Waals surface area contributed by atoms with Crippen molar-refractivity contribution in [1.82, 2.24) is 26.1 Å². The van der Waals surface area contributed by atoms with E-state index in [1.54, 1.807) is 6.39 Å². The fourth-order valence-corrected chi connectivity index (χ4v) is 5.03. The number of hydrogen-bond donors (Lipinski definition) is 3. The van der Waals surface area contributed by atoms with E-state index < -0.39 is 5.91 Å². The van der Waals surface area contributed by atoms with Crippen molar-refractivity contribution in [2.45, 2.75) is 32.4 Å². The van der Waals surface area contributed by atoms with Crippen molar-refractivity contribution in [1.29, 1.82) is 0 Å². The highest BCUT2D eigenvalue weighted by atomic mass is 16.7. The number of rotatable bonds is 6. The number of amidine groups is 1. The SMILES string of the molecule is C=C1N=C(c2ccc3c(c2C)CC[C@@H]3NC(=O)c2cc(C(=O)NCc3ccc4oc[n+](C)c4c3)ncn2)NO1. The number of aromatic nitrogens is 3. The minimum absolute atomic E-state index is 0.117. The van der Waals surface area contributed by atoms with Gasteiger partial charge in [-0.25, -0.2) is 15.4 Å². The van der Waals surface area contributed by atoms with Gasteiger partial charge in [0.25, 0.3) is 17.3 Å². The first-order valence-corrected chi connectivity index (χ1v) is 12.5. The maximum absolute atomic E-state index is 13.1. The molecule has 39 heavy (non-hydrogen) atoms. The number of aliphatic imine (C=N–C) groups is 1. The van der Waals surface area contributed by atoms with Gasteiger partial charge in [-0.1, -0.05) is 18.2 Å². The summed E-state index contributed by atoms with van der Waals surface area (Å²) in [5.74, 6) is 0.177. The molecule has 11 nitrogen and oxygen atoms in total. The predicted molar refractivity (Wildman–Crippen MR) is 140 cm³/mol. The highest BCUT2D eigenvalue weighted by Crippen LogP contribution is 2.35. The summed E-state index contributed by atoms with van der Waals surface area (Å²) in [7, 11) is 1.89. The van der Waals surface area contributed by atoms with Gasteiger partial charge in [0.15, 0.2) is 5.84 Å². The number of hydrogen-bond acceptors (Lipinski definition) is 8. The number of nitrogens with one attached hydrogen (secondary N) is 3. The summed E-state index contributed by atoms with van der Waals surface area (Å²) in [6.07, 6.45) is 4.42. The summed E-state index contributed by atoms with van der Waals surface area (Å²) in [5.41, 5.74) is 9.87. The molecule has 1 atom stereocenters. The molecule has 2 aromatic carbocycles. The zero-order valence-corrected chi connectivity index (χ0v) is 21.4. The van der Waals surface area contributed by atoms with E-state index in [9.17, 15) is 9.59 Å². The molecule has 6 rings (SSSR count). The number of carbonyl (C=O) groups is 2. The zero-order chi connectivity index (χ0) is 27.1. The fraction of sp³-hybridized carbons (Fsp3) is 0.214.